The molecule has 2 amide bonds. The van der Waals surface area contributed by atoms with Crippen LogP contribution in [0.15, 0.2) is 23.6 Å². The second kappa shape index (κ2) is 7.32. The summed E-state index contributed by atoms with van der Waals surface area (Å²) in [5.74, 6) is 0. The summed E-state index contributed by atoms with van der Waals surface area (Å²) in [6.07, 6.45) is 0.888. The maximum atomic E-state index is 12.2. The minimum absolute atomic E-state index is 0.0730. The minimum atomic E-state index is -0.180. The Morgan fingerprint density at radius 3 is 2.92 bits per heavy atom. The van der Waals surface area contributed by atoms with E-state index in [1.807, 2.05) is 32.9 Å². The summed E-state index contributed by atoms with van der Waals surface area (Å²) in [6, 6.07) is 5.81. The molecule has 128 valence electrons. The molecule has 0 saturated carbocycles. The van der Waals surface area contributed by atoms with Crippen LogP contribution in [0.4, 0.5) is 4.79 Å². The Balaban J connectivity index is 1.55. The number of aryl methyl sites for hydroxylation is 2. The molecule has 3 rings (SSSR count). The lowest BCUT2D eigenvalue weighted by Crippen LogP contribution is -2.44. The monoisotopic (exact) mass is 345 g/mol. The molecule has 3 heterocycles. The fraction of sp³-hybridized carbons (Fsp3) is 0.444. The first-order valence-electron chi connectivity index (χ1n) is 8.19. The second-order valence-corrected chi connectivity index (χ2v) is 7.22. The van der Waals surface area contributed by atoms with Gasteiger partial charge in [-0.2, -0.15) is 0 Å². The maximum Gasteiger partial charge on any atom is 0.315 e. The van der Waals surface area contributed by atoms with Crippen LogP contribution in [0.5, 0.6) is 0 Å². The number of rotatable bonds is 4. The van der Waals surface area contributed by atoms with Crippen LogP contribution in [0.1, 0.15) is 40.4 Å². The van der Waals surface area contributed by atoms with Crippen molar-refractivity contribution in [2.75, 3.05) is 6.61 Å². The highest BCUT2D eigenvalue weighted by Crippen LogP contribution is 2.33. The molecule has 1 aliphatic heterocycles. The zero-order valence-electron chi connectivity index (χ0n) is 14.3. The molecular weight excluding hydrogens is 322 g/mol. The molecule has 24 heavy (non-hydrogen) atoms. The Morgan fingerprint density at radius 1 is 1.42 bits per heavy atom. The highest BCUT2D eigenvalue weighted by molar-refractivity contribution is 7.10. The van der Waals surface area contributed by atoms with E-state index in [-0.39, 0.29) is 18.2 Å². The number of fused-ring (bicyclic) bond motifs is 1. The summed E-state index contributed by atoms with van der Waals surface area (Å²) in [5, 5.41) is 7.99. The Kier molecular flexibility index (Phi) is 5.16. The molecule has 0 aliphatic carbocycles. The molecule has 1 aliphatic rings. The normalized spacial score (nSPS) is 17.9. The molecular formula is C18H23N3O2S. The summed E-state index contributed by atoms with van der Waals surface area (Å²) in [7, 11) is 0. The third-order valence-electron chi connectivity index (χ3n) is 4.12. The lowest BCUT2D eigenvalue weighted by Gasteiger charge is -2.29. The lowest BCUT2D eigenvalue weighted by atomic mass is 10.0. The van der Waals surface area contributed by atoms with Gasteiger partial charge in [0.15, 0.2) is 0 Å². The Morgan fingerprint density at radius 2 is 2.17 bits per heavy atom. The molecule has 0 aromatic carbocycles. The highest BCUT2D eigenvalue weighted by atomic mass is 32.1. The van der Waals surface area contributed by atoms with Crippen LogP contribution in [0.2, 0.25) is 0 Å². The van der Waals surface area contributed by atoms with Crippen molar-refractivity contribution in [1.29, 1.82) is 0 Å². The summed E-state index contributed by atoms with van der Waals surface area (Å²) in [6.45, 7) is 7.09. The lowest BCUT2D eigenvalue weighted by molar-refractivity contribution is 0.0233. The number of ether oxygens (including phenoxy) is 1. The standard InChI is InChI=1S/C18H23N3O2S/c1-11-8-14(9-12(2)20-11)10-19-18(22)21-13(3)17-15-5-7-24-16(15)4-6-23-17/h5,7-9,13,17H,4,6,10H2,1-3H3,(H2,19,21,22). The van der Waals surface area contributed by atoms with Crippen LogP contribution >= 0.6 is 11.3 Å². The number of nitrogens with zero attached hydrogens (tertiary/aromatic N) is 1. The van der Waals surface area contributed by atoms with E-state index in [1.165, 1.54) is 10.4 Å². The van der Waals surface area contributed by atoms with Crippen LogP contribution in [0, 0.1) is 13.8 Å². The van der Waals surface area contributed by atoms with Crippen molar-refractivity contribution in [1.82, 2.24) is 15.6 Å². The molecule has 2 atom stereocenters. The van der Waals surface area contributed by atoms with E-state index in [1.54, 1.807) is 11.3 Å². The van der Waals surface area contributed by atoms with E-state index in [2.05, 4.69) is 27.1 Å². The molecule has 0 saturated heterocycles. The van der Waals surface area contributed by atoms with Crippen molar-refractivity contribution in [2.24, 2.45) is 0 Å². The molecule has 0 bridgehead atoms. The van der Waals surface area contributed by atoms with Crippen LogP contribution in [0.25, 0.3) is 0 Å². The topological polar surface area (TPSA) is 63.2 Å². The van der Waals surface area contributed by atoms with E-state index >= 15 is 0 Å². The van der Waals surface area contributed by atoms with Crippen LogP contribution in [-0.2, 0) is 17.7 Å². The highest BCUT2D eigenvalue weighted by Gasteiger charge is 2.27. The van der Waals surface area contributed by atoms with Crippen molar-refractivity contribution in [3.63, 3.8) is 0 Å². The molecule has 6 heteroatoms. The van der Waals surface area contributed by atoms with Gasteiger partial charge in [0, 0.05) is 29.2 Å². The molecule has 5 nitrogen and oxygen atoms in total. The van der Waals surface area contributed by atoms with E-state index in [4.69, 9.17) is 4.74 Å². The molecule has 2 N–H and O–H groups in total. The number of thiophene rings is 1. The van der Waals surface area contributed by atoms with Gasteiger partial charge in [-0.15, -0.1) is 11.3 Å². The van der Waals surface area contributed by atoms with Crippen LogP contribution in [0.3, 0.4) is 0 Å². The van der Waals surface area contributed by atoms with Crippen molar-refractivity contribution in [3.05, 3.63) is 51.0 Å². The molecule has 2 aromatic rings. The predicted molar refractivity (Wildman–Crippen MR) is 95.3 cm³/mol. The molecule has 0 spiro atoms. The van der Waals surface area contributed by atoms with Gasteiger partial charge < -0.3 is 15.4 Å². The van der Waals surface area contributed by atoms with Crippen molar-refractivity contribution in [3.8, 4) is 0 Å². The van der Waals surface area contributed by atoms with Gasteiger partial charge in [-0.1, -0.05) is 0 Å². The Hall–Kier alpha value is -1.92. The summed E-state index contributed by atoms with van der Waals surface area (Å²) >= 11 is 1.76. The third kappa shape index (κ3) is 3.94. The van der Waals surface area contributed by atoms with Crippen molar-refractivity contribution < 1.29 is 9.53 Å². The van der Waals surface area contributed by atoms with E-state index in [0.29, 0.717) is 13.2 Å². The average molecular weight is 345 g/mol. The van der Waals surface area contributed by atoms with Gasteiger partial charge in [-0.3, -0.25) is 4.98 Å². The summed E-state index contributed by atoms with van der Waals surface area (Å²) in [5.41, 5.74) is 4.18. The fourth-order valence-electron chi connectivity index (χ4n) is 3.13. The van der Waals surface area contributed by atoms with Gasteiger partial charge in [0.05, 0.1) is 12.6 Å². The number of urea groups is 1. The Labute approximate surface area is 146 Å². The van der Waals surface area contributed by atoms with Gasteiger partial charge >= 0.3 is 6.03 Å². The van der Waals surface area contributed by atoms with Crippen molar-refractivity contribution in [2.45, 2.75) is 45.9 Å². The quantitative estimate of drug-likeness (QED) is 0.894. The van der Waals surface area contributed by atoms with Crippen LogP contribution in [-0.4, -0.2) is 23.7 Å². The number of aromatic nitrogens is 1. The second-order valence-electron chi connectivity index (χ2n) is 6.21. The first kappa shape index (κ1) is 16.9. The SMILES string of the molecule is Cc1cc(CNC(=O)NC(C)C2OCCc3sccc32)cc(C)n1. The zero-order valence-corrected chi connectivity index (χ0v) is 15.1. The van der Waals surface area contributed by atoms with Gasteiger partial charge in [-0.05, 0) is 55.5 Å². The number of carbonyl (C=O) groups excluding carboxylic acids is 1. The summed E-state index contributed by atoms with van der Waals surface area (Å²) in [4.78, 5) is 17.9. The summed E-state index contributed by atoms with van der Waals surface area (Å²) < 4.78 is 5.88. The number of pyridine rings is 1. The zero-order chi connectivity index (χ0) is 17.1. The largest absolute Gasteiger partial charge is 0.371 e. The van der Waals surface area contributed by atoms with Crippen LogP contribution < -0.4 is 10.6 Å². The number of hydrogen-bond acceptors (Lipinski definition) is 4. The smallest absolute Gasteiger partial charge is 0.315 e. The number of carbonyl (C=O) groups is 1. The number of nitrogens with one attached hydrogen (secondary N) is 2. The minimum Gasteiger partial charge on any atom is -0.371 e. The van der Waals surface area contributed by atoms with E-state index in [9.17, 15) is 4.79 Å². The van der Waals surface area contributed by atoms with E-state index in [0.717, 1.165) is 23.4 Å². The van der Waals surface area contributed by atoms with Gasteiger partial charge in [0.25, 0.3) is 0 Å². The Bertz CT molecular complexity index is 709. The fourth-order valence-corrected chi connectivity index (χ4v) is 4.03. The molecule has 0 radical (unpaired) electrons. The van der Waals surface area contributed by atoms with Gasteiger partial charge in [0.2, 0.25) is 0 Å². The third-order valence-corrected chi connectivity index (χ3v) is 5.12. The first-order valence-corrected chi connectivity index (χ1v) is 9.07. The first-order chi connectivity index (χ1) is 11.5. The average Bonchev–Trinajstić information content (AvgIpc) is 3.00. The van der Waals surface area contributed by atoms with Gasteiger partial charge in [0.1, 0.15) is 6.10 Å². The molecule has 2 aromatic heterocycles. The van der Waals surface area contributed by atoms with Crippen molar-refractivity contribution >= 4 is 17.4 Å². The van der Waals surface area contributed by atoms with E-state index < -0.39 is 0 Å². The number of hydrogen-bond donors (Lipinski definition) is 2. The predicted octanol–water partition coefficient (Wildman–Crippen LogP) is 3.26. The molecule has 0 fully saturated rings. The van der Waals surface area contributed by atoms with Gasteiger partial charge in [-0.25, -0.2) is 4.79 Å². The maximum absolute atomic E-state index is 12.2. The number of amides is 2. The molecule has 2 unspecified atom stereocenters.